The van der Waals surface area contributed by atoms with Crippen LogP contribution in [0.15, 0.2) is 12.7 Å². The first-order chi connectivity index (χ1) is 9.93. The van der Waals surface area contributed by atoms with Gasteiger partial charge in [-0.3, -0.25) is 4.79 Å². The zero-order valence-electron chi connectivity index (χ0n) is 11.6. The van der Waals surface area contributed by atoms with Gasteiger partial charge in [0.1, 0.15) is 0 Å². The van der Waals surface area contributed by atoms with Crippen molar-refractivity contribution in [3.05, 3.63) is 12.7 Å². The molecule has 2 fully saturated rings. The quantitative estimate of drug-likeness (QED) is 0.331. The van der Waals surface area contributed by atoms with Crippen LogP contribution in [0.5, 0.6) is 0 Å². The van der Waals surface area contributed by atoms with Gasteiger partial charge in [-0.1, -0.05) is 13.0 Å². The first kappa shape index (κ1) is 17.4. The van der Waals surface area contributed by atoms with E-state index in [1.165, 1.54) is 0 Å². The lowest BCUT2D eigenvalue weighted by atomic mass is 10.0. The summed E-state index contributed by atoms with van der Waals surface area (Å²) in [5.74, 6) is -0.745. The summed E-state index contributed by atoms with van der Waals surface area (Å²) in [6.07, 6.45) is 3.71. The third-order valence-corrected chi connectivity index (χ3v) is 4.75. The molecule has 0 aromatic carbocycles. The third-order valence-electron chi connectivity index (χ3n) is 3.24. The Labute approximate surface area is 127 Å². The fourth-order valence-electron chi connectivity index (χ4n) is 2.26. The van der Waals surface area contributed by atoms with Crippen LogP contribution < -0.4 is 10.6 Å². The number of amides is 2. The number of carboxylic acid groups (broad SMARTS) is 2. The summed E-state index contributed by atoms with van der Waals surface area (Å²) in [6.45, 7) is 2.96. The number of rotatable bonds is 6. The molecule has 0 aromatic heterocycles. The van der Waals surface area contributed by atoms with Crippen LogP contribution >= 0.6 is 11.8 Å². The predicted octanol–water partition coefficient (Wildman–Crippen LogP) is 1.05. The van der Waals surface area contributed by atoms with Gasteiger partial charge in [0.25, 0.3) is 0 Å². The molecule has 8 heteroatoms. The van der Waals surface area contributed by atoms with E-state index in [0.717, 1.165) is 31.1 Å². The number of aliphatic carboxylic acids is 2. The number of urea groups is 1. The van der Waals surface area contributed by atoms with Crippen LogP contribution in [0, 0.1) is 0 Å². The number of hydrogen-bond donors (Lipinski definition) is 4. The molecule has 7 nitrogen and oxygen atoms in total. The maximum absolute atomic E-state index is 11.1. The molecule has 2 rings (SSSR count). The summed E-state index contributed by atoms with van der Waals surface area (Å²) in [5.41, 5.74) is 0. The summed E-state index contributed by atoms with van der Waals surface area (Å²) in [4.78, 5) is 30.7. The zero-order chi connectivity index (χ0) is 15.8. The Morgan fingerprint density at radius 3 is 2.57 bits per heavy atom. The number of carbonyl (C=O) groups is 3. The van der Waals surface area contributed by atoms with Crippen LogP contribution in [0.3, 0.4) is 0 Å². The van der Waals surface area contributed by atoms with E-state index >= 15 is 0 Å². The second kappa shape index (κ2) is 8.56. The lowest BCUT2D eigenvalue weighted by Crippen LogP contribution is -2.36. The minimum absolute atomic E-state index is 0.0640. The van der Waals surface area contributed by atoms with E-state index in [1.807, 2.05) is 11.8 Å². The molecule has 0 spiro atoms. The highest BCUT2D eigenvalue weighted by Gasteiger charge is 2.42. The van der Waals surface area contributed by atoms with Crippen molar-refractivity contribution < 1.29 is 24.6 Å². The Morgan fingerprint density at radius 2 is 2.00 bits per heavy atom. The Kier molecular flexibility index (Phi) is 7.07. The molecule has 4 N–H and O–H groups in total. The summed E-state index contributed by atoms with van der Waals surface area (Å²) in [7, 11) is 0. The second-order valence-electron chi connectivity index (χ2n) is 4.80. The molecular formula is C13H20N2O5S. The standard InChI is InChI=1S/C10H16N2O3S.C3H4O2/c13-8(14)4-2-1-3-7-9-6(5-16-7)11-10(15)12-9;1-2-3(4)5/h6-7,9H,1-5H2,(H,13,14)(H2,11,12,15);2H,1H2,(H,4,5)/t6-,7-,9-;/m0./s1. The van der Waals surface area contributed by atoms with Crippen LogP contribution in [-0.2, 0) is 9.59 Å². The molecule has 118 valence electrons. The molecule has 0 saturated carbocycles. The number of nitrogens with one attached hydrogen (secondary N) is 2. The Bertz CT molecular complexity index is 415. The molecule has 0 unspecified atom stereocenters. The summed E-state index contributed by atoms with van der Waals surface area (Å²) in [5, 5.41) is 22.4. The van der Waals surface area contributed by atoms with Crippen LogP contribution in [-0.4, -0.2) is 51.3 Å². The molecule has 0 aliphatic carbocycles. The monoisotopic (exact) mass is 316 g/mol. The molecule has 2 aliphatic heterocycles. The normalized spacial score (nSPS) is 25.9. The molecule has 2 heterocycles. The molecule has 21 heavy (non-hydrogen) atoms. The predicted molar refractivity (Wildman–Crippen MR) is 79.4 cm³/mol. The van der Waals surface area contributed by atoms with Crippen molar-refractivity contribution in [2.75, 3.05) is 5.75 Å². The van der Waals surface area contributed by atoms with Crippen molar-refractivity contribution in [2.24, 2.45) is 0 Å². The first-order valence-electron chi connectivity index (χ1n) is 6.69. The van der Waals surface area contributed by atoms with E-state index in [4.69, 9.17) is 10.2 Å². The molecule has 0 radical (unpaired) electrons. The van der Waals surface area contributed by atoms with Gasteiger partial charge in [0.15, 0.2) is 0 Å². The van der Waals surface area contributed by atoms with Crippen molar-refractivity contribution in [3.63, 3.8) is 0 Å². The Morgan fingerprint density at radius 1 is 1.33 bits per heavy atom. The molecule has 3 atom stereocenters. The zero-order valence-corrected chi connectivity index (χ0v) is 12.4. The molecular weight excluding hydrogens is 296 g/mol. The van der Waals surface area contributed by atoms with Gasteiger partial charge in [0.2, 0.25) is 0 Å². The van der Waals surface area contributed by atoms with Gasteiger partial charge >= 0.3 is 18.0 Å². The molecule has 2 saturated heterocycles. The first-order valence-corrected chi connectivity index (χ1v) is 7.74. The maximum atomic E-state index is 11.1. The molecule has 0 bridgehead atoms. The van der Waals surface area contributed by atoms with Crippen LogP contribution in [0.4, 0.5) is 4.79 Å². The van der Waals surface area contributed by atoms with Gasteiger partial charge in [-0.05, 0) is 12.8 Å². The Balaban J connectivity index is 0.000000383. The van der Waals surface area contributed by atoms with Gasteiger partial charge in [-0.2, -0.15) is 11.8 Å². The molecule has 2 amide bonds. The van der Waals surface area contributed by atoms with Gasteiger partial charge < -0.3 is 20.8 Å². The highest BCUT2D eigenvalue weighted by atomic mass is 32.2. The molecule has 2 aliphatic rings. The van der Waals surface area contributed by atoms with Gasteiger partial charge in [0.05, 0.1) is 12.1 Å². The van der Waals surface area contributed by atoms with E-state index in [9.17, 15) is 14.4 Å². The fraction of sp³-hybridized carbons (Fsp3) is 0.615. The van der Waals surface area contributed by atoms with E-state index in [0.29, 0.717) is 5.25 Å². The fourth-order valence-corrected chi connectivity index (χ4v) is 3.81. The van der Waals surface area contributed by atoms with Crippen LogP contribution in [0.25, 0.3) is 0 Å². The lowest BCUT2D eigenvalue weighted by molar-refractivity contribution is -0.137. The van der Waals surface area contributed by atoms with Crippen LogP contribution in [0.1, 0.15) is 25.7 Å². The van der Waals surface area contributed by atoms with Crippen molar-refractivity contribution in [3.8, 4) is 0 Å². The van der Waals surface area contributed by atoms with Crippen molar-refractivity contribution >= 4 is 29.7 Å². The second-order valence-corrected chi connectivity index (χ2v) is 6.08. The third kappa shape index (κ3) is 6.07. The summed E-state index contributed by atoms with van der Waals surface area (Å²) < 4.78 is 0. The number of hydrogen-bond acceptors (Lipinski definition) is 4. The highest BCUT2D eigenvalue weighted by molar-refractivity contribution is 8.00. The molecule has 0 aromatic rings. The smallest absolute Gasteiger partial charge is 0.327 e. The van der Waals surface area contributed by atoms with E-state index in [1.54, 1.807) is 0 Å². The van der Waals surface area contributed by atoms with Crippen LogP contribution in [0.2, 0.25) is 0 Å². The largest absolute Gasteiger partial charge is 0.481 e. The number of carbonyl (C=O) groups excluding carboxylic acids is 1. The van der Waals surface area contributed by atoms with E-state index < -0.39 is 11.9 Å². The highest BCUT2D eigenvalue weighted by Crippen LogP contribution is 2.33. The topological polar surface area (TPSA) is 116 Å². The lowest BCUT2D eigenvalue weighted by Gasteiger charge is -2.16. The van der Waals surface area contributed by atoms with Gasteiger partial charge in [-0.15, -0.1) is 0 Å². The minimum atomic E-state index is -0.981. The van der Waals surface area contributed by atoms with Gasteiger partial charge in [-0.25, -0.2) is 9.59 Å². The average molecular weight is 316 g/mol. The number of thioether (sulfide) groups is 1. The maximum Gasteiger partial charge on any atom is 0.327 e. The number of fused-ring (bicyclic) bond motifs is 1. The van der Waals surface area contributed by atoms with Gasteiger partial charge in [0, 0.05) is 23.5 Å². The Hall–Kier alpha value is -1.70. The van der Waals surface area contributed by atoms with Crippen molar-refractivity contribution in [2.45, 2.75) is 43.0 Å². The average Bonchev–Trinajstić information content (AvgIpc) is 2.95. The number of carboxylic acids is 2. The number of unbranched alkanes of at least 4 members (excludes halogenated alkanes) is 1. The van der Waals surface area contributed by atoms with Crippen molar-refractivity contribution in [1.29, 1.82) is 0 Å². The van der Waals surface area contributed by atoms with Crippen molar-refractivity contribution in [1.82, 2.24) is 10.6 Å². The summed E-state index contributed by atoms with van der Waals surface area (Å²) >= 11 is 1.87. The minimum Gasteiger partial charge on any atom is -0.481 e. The van der Waals surface area contributed by atoms with E-state index in [-0.39, 0.29) is 24.5 Å². The summed E-state index contributed by atoms with van der Waals surface area (Å²) in [6, 6.07) is 0.440. The SMILES string of the molecule is C=CC(=O)O.O=C(O)CCCC[C@@H]1SC[C@@H]2NC(=O)N[C@@H]21. The van der Waals surface area contributed by atoms with E-state index in [2.05, 4.69) is 17.2 Å².